The third-order valence-electron chi connectivity index (χ3n) is 3.19. The molecule has 0 aromatic carbocycles. The van der Waals surface area contributed by atoms with Crippen LogP contribution in [0.3, 0.4) is 0 Å². The fourth-order valence-electron chi connectivity index (χ4n) is 2.14. The summed E-state index contributed by atoms with van der Waals surface area (Å²) in [7, 11) is 0. The van der Waals surface area contributed by atoms with Crippen LogP contribution in [0.15, 0.2) is 6.07 Å². The number of carbonyl (C=O) groups is 1. The number of rotatable bonds is 4. The molecule has 1 amide bonds. The first-order valence-corrected chi connectivity index (χ1v) is 7.85. The van der Waals surface area contributed by atoms with Crippen LogP contribution in [-0.2, 0) is 11.3 Å². The normalized spacial score (nSPS) is 21.6. The number of aryl methyl sites for hydroxylation is 2. The molecule has 4 nitrogen and oxygen atoms in total. The van der Waals surface area contributed by atoms with Crippen LogP contribution in [0.25, 0.3) is 0 Å². The van der Waals surface area contributed by atoms with Crippen LogP contribution in [0.4, 0.5) is 4.79 Å². The summed E-state index contributed by atoms with van der Waals surface area (Å²) in [4.78, 5) is 14.3. The Kier molecular flexibility index (Phi) is 4.39. The van der Waals surface area contributed by atoms with E-state index < -0.39 is 5.60 Å². The van der Waals surface area contributed by atoms with Gasteiger partial charge in [0.25, 0.3) is 0 Å². The van der Waals surface area contributed by atoms with Crippen molar-refractivity contribution in [2.75, 3.05) is 0 Å². The highest BCUT2D eigenvalue weighted by Crippen LogP contribution is 2.25. The van der Waals surface area contributed by atoms with Gasteiger partial charge in [0.1, 0.15) is 5.60 Å². The van der Waals surface area contributed by atoms with Gasteiger partial charge in [0.15, 0.2) is 0 Å². The summed E-state index contributed by atoms with van der Waals surface area (Å²) >= 11 is 1.83. The van der Waals surface area contributed by atoms with Crippen LogP contribution in [0.1, 0.15) is 42.5 Å². The maximum atomic E-state index is 11.6. The summed E-state index contributed by atoms with van der Waals surface area (Å²) in [6, 6.07) is 2.79. The first kappa shape index (κ1) is 15.3. The lowest BCUT2D eigenvalue weighted by Gasteiger charge is -2.19. The zero-order valence-corrected chi connectivity index (χ0v) is 13.7. The lowest BCUT2D eigenvalue weighted by molar-refractivity contribution is 0.0522. The quantitative estimate of drug-likeness (QED) is 0.897. The number of amides is 1. The van der Waals surface area contributed by atoms with E-state index >= 15 is 0 Å². The molecule has 1 saturated carbocycles. The highest BCUT2D eigenvalue weighted by Gasteiger charge is 2.38. The summed E-state index contributed by atoms with van der Waals surface area (Å²) in [6.07, 6.45) is 0.649. The SMILES string of the molecule is Cc1cc(CNC2CC2NC(=O)OC(C)(C)C)c(C)s1. The fourth-order valence-corrected chi connectivity index (χ4v) is 3.09. The Morgan fingerprint density at radius 2 is 2.10 bits per heavy atom. The number of nitrogens with one attached hydrogen (secondary N) is 2. The molecule has 1 aromatic rings. The van der Waals surface area contributed by atoms with E-state index in [1.807, 2.05) is 32.1 Å². The molecule has 1 aliphatic rings. The number of hydrogen-bond acceptors (Lipinski definition) is 4. The zero-order chi connectivity index (χ0) is 14.9. The van der Waals surface area contributed by atoms with Crippen LogP contribution in [0.2, 0.25) is 0 Å². The van der Waals surface area contributed by atoms with Gasteiger partial charge in [-0.25, -0.2) is 4.79 Å². The number of alkyl carbamates (subject to hydrolysis) is 1. The summed E-state index contributed by atoms with van der Waals surface area (Å²) in [5, 5.41) is 6.38. The lowest BCUT2D eigenvalue weighted by Crippen LogP contribution is -2.36. The molecule has 20 heavy (non-hydrogen) atoms. The average Bonchev–Trinajstić information content (AvgIpc) is 2.90. The number of hydrogen-bond donors (Lipinski definition) is 2. The highest BCUT2D eigenvalue weighted by atomic mass is 32.1. The Labute approximate surface area is 124 Å². The fraction of sp³-hybridized carbons (Fsp3) is 0.667. The molecule has 1 fully saturated rings. The van der Waals surface area contributed by atoms with Gasteiger partial charge in [0.2, 0.25) is 0 Å². The van der Waals surface area contributed by atoms with E-state index in [0.717, 1.165) is 13.0 Å². The predicted molar refractivity (Wildman–Crippen MR) is 82.2 cm³/mol. The molecule has 0 bridgehead atoms. The molecule has 2 atom stereocenters. The lowest BCUT2D eigenvalue weighted by atomic mass is 10.2. The van der Waals surface area contributed by atoms with Gasteiger partial charge in [-0.05, 0) is 52.7 Å². The predicted octanol–water partition coefficient (Wildman–Crippen LogP) is 3.12. The summed E-state index contributed by atoms with van der Waals surface area (Å²) in [5.74, 6) is 0. The van der Waals surface area contributed by atoms with Gasteiger partial charge in [-0.15, -0.1) is 11.3 Å². The first-order valence-electron chi connectivity index (χ1n) is 7.03. The van der Waals surface area contributed by atoms with Crippen molar-refractivity contribution in [3.8, 4) is 0 Å². The molecular weight excluding hydrogens is 272 g/mol. The van der Waals surface area contributed by atoms with E-state index in [9.17, 15) is 4.79 Å². The van der Waals surface area contributed by atoms with Crippen LogP contribution in [-0.4, -0.2) is 23.8 Å². The van der Waals surface area contributed by atoms with Gasteiger partial charge in [-0.3, -0.25) is 0 Å². The van der Waals surface area contributed by atoms with Crippen LogP contribution in [0, 0.1) is 13.8 Å². The van der Waals surface area contributed by atoms with Crippen molar-refractivity contribution >= 4 is 17.4 Å². The summed E-state index contributed by atoms with van der Waals surface area (Å²) in [6.45, 7) is 10.8. The third-order valence-corrected chi connectivity index (χ3v) is 4.20. The molecule has 0 aliphatic heterocycles. The smallest absolute Gasteiger partial charge is 0.407 e. The molecule has 0 saturated heterocycles. The second-order valence-corrected chi connectivity index (χ2v) is 7.87. The van der Waals surface area contributed by atoms with Crippen LogP contribution < -0.4 is 10.6 Å². The number of thiophene rings is 1. The van der Waals surface area contributed by atoms with Crippen molar-refractivity contribution in [1.82, 2.24) is 10.6 Å². The molecule has 1 heterocycles. The standard InChI is InChI=1S/C15H24N2O2S/c1-9-6-11(10(2)20-9)8-16-12-7-13(12)17-14(18)19-15(3,4)5/h6,12-13,16H,7-8H2,1-5H3,(H,17,18). The van der Waals surface area contributed by atoms with Gasteiger partial charge in [0.05, 0.1) is 0 Å². The van der Waals surface area contributed by atoms with Crippen molar-refractivity contribution in [2.24, 2.45) is 0 Å². The maximum Gasteiger partial charge on any atom is 0.407 e. The summed E-state index contributed by atoms with van der Waals surface area (Å²) < 4.78 is 5.25. The van der Waals surface area contributed by atoms with Crippen molar-refractivity contribution in [3.05, 3.63) is 21.4 Å². The number of ether oxygens (including phenoxy) is 1. The highest BCUT2D eigenvalue weighted by molar-refractivity contribution is 7.12. The largest absolute Gasteiger partial charge is 0.444 e. The summed E-state index contributed by atoms with van der Waals surface area (Å²) in [5.41, 5.74) is 0.920. The van der Waals surface area contributed by atoms with E-state index in [1.54, 1.807) is 0 Å². The number of carbonyl (C=O) groups excluding carboxylic acids is 1. The molecule has 0 spiro atoms. The van der Waals surface area contributed by atoms with Crippen molar-refractivity contribution < 1.29 is 9.53 Å². The minimum absolute atomic E-state index is 0.199. The van der Waals surface area contributed by atoms with Gasteiger partial charge < -0.3 is 15.4 Å². The molecule has 5 heteroatoms. The van der Waals surface area contributed by atoms with Crippen LogP contribution in [0.5, 0.6) is 0 Å². The van der Waals surface area contributed by atoms with Crippen molar-refractivity contribution in [3.63, 3.8) is 0 Å². The minimum atomic E-state index is -0.437. The second kappa shape index (κ2) is 5.74. The van der Waals surface area contributed by atoms with Crippen LogP contribution >= 0.6 is 11.3 Å². The Hall–Kier alpha value is -1.07. The minimum Gasteiger partial charge on any atom is -0.444 e. The molecule has 2 unspecified atom stereocenters. The Balaban J connectivity index is 1.71. The molecular formula is C15H24N2O2S. The Morgan fingerprint density at radius 3 is 2.65 bits per heavy atom. The maximum absolute atomic E-state index is 11.6. The van der Waals surface area contributed by atoms with Crippen molar-refractivity contribution in [2.45, 2.75) is 65.3 Å². The molecule has 2 N–H and O–H groups in total. The molecule has 0 radical (unpaired) electrons. The van der Waals surface area contributed by atoms with Gasteiger partial charge in [0, 0.05) is 28.4 Å². The van der Waals surface area contributed by atoms with Gasteiger partial charge in [-0.2, -0.15) is 0 Å². The topological polar surface area (TPSA) is 50.4 Å². The molecule has 112 valence electrons. The Bertz CT molecular complexity index is 491. The van der Waals surface area contributed by atoms with E-state index in [4.69, 9.17) is 4.74 Å². The average molecular weight is 296 g/mol. The molecule has 2 rings (SSSR count). The van der Waals surface area contributed by atoms with E-state index in [0.29, 0.717) is 6.04 Å². The second-order valence-electron chi connectivity index (χ2n) is 6.41. The van der Waals surface area contributed by atoms with E-state index in [2.05, 4.69) is 30.5 Å². The zero-order valence-electron chi connectivity index (χ0n) is 12.9. The van der Waals surface area contributed by atoms with Gasteiger partial charge >= 0.3 is 6.09 Å². The van der Waals surface area contributed by atoms with E-state index in [1.165, 1.54) is 15.3 Å². The molecule has 1 aromatic heterocycles. The first-order chi connectivity index (χ1) is 9.24. The van der Waals surface area contributed by atoms with E-state index in [-0.39, 0.29) is 12.1 Å². The molecule has 1 aliphatic carbocycles. The Morgan fingerprint density at radius 1 is 1.40 bits per heavy atom. The third kappa shape index (κ3) is 4.49. The monoisotopic (exact) mass is 296 g/mol. The van der Waals surface area contributed by atoms with Crippen molar-refractivity contribution in [1.29, 1.82) is 0 Å². The van der Waals surface area contributed by atoms with Gasteiger partial charge in [-0.1, -0.05) is 0 Å².